The van der Waals surface area contributed by atoms with Crippen LogP contribution in [0.25, 0.3) is 0 Å². The molecule has 1 aliphatic carbocycles. The van der Waals surface area contributed by atoms with Crippen molar-refractivity contribution in [2.75, 3.05) is 0 Å². The minimum Gasteiger partial charge on any atom is -0.223 e. The van der Waals surface area contributed by atoms with Crippen molar-refractivity contribution in [2.24, 2.45) is 5.92 Å². The maximum atomic E-state index is 12.1. The van der Waals surface area contributed by atoms with Gasteiger partial charge in [-0.05, 0) is 31.4 Å². The van der Waals surface area contributed by atoms with Gasteiger partial charge in [0.25, 0.3) is 0 Å². The molecule has 0 radical (unpaired) electrons. The molecule has 3 heteroatoms. The van der Waals surface area contributed by atoms with E-state index in [0.717, 1.165) is 6.42 Å². The summed E-state index contributed by atoms with van der Waals surface area (Å²) in [5, 5.41) is 0. The van der Waals surface area contributed by atoms with Crippen molar-refractivity contribution in [2.45, 2.75) is 29.9 Å². The number of benzene rings is 1. The molecule has 2 rings (SSSR count). The van der Waals surface area contributed by atoms with Gasteiger partial charge in [-0.1, -0.05) is 25.1 Å². The molecule has 14 heavy (non-hydrogen) atoms. The minimum absolute atomic E-state index is 0.285. The van der Waals surface area contributed by atoms with E-state index in [4.69, 9.17) is 0 Å². The summed E-state index contributed by atoms with van der Waals surface area (Å²) < 4.78 is 23.7. The summed E-state index contributed by atoms with van der Waals surface area (Å²) in [6.07, 6.45) is 0.782. The molecule has 2 nitrogen and oxygen atoms in total. The van der Waals surface area contributed by atoms with Gasteiger partial charge in [-0.15, -0.1) is 0 Å². The fourth-order valence-electron chi connectivity index (χ4n) is 1.79. The van der Waals surface area contributed by atoms with Gasteiger partial charge in [-0.2, -0.15) is 0 Å². The molecular formula is C11H14O2S. The second kappa shape index (κ2) is 2.83. The molecule has 1 saturated carbocycles. The Morgan fingerprint density at radius 3 is 2.21 bits per heavy atom. The van der Waals surface area contributed by atoms with Crippen LogP contribution in [0.4, 0.5) is 0 Å². The Morgan fingerprint density at radius 1 is 1.29 bits per heavy atom. The highest BCUT2D eigenvalue weighted by atomic mass is 32.2. The molecule has 0 aliphatic heterocycles. The van der Waals surface area contributed by atoms with Gasteiger partial charge in [-0.3, -0.25) is 0 Å². The van der Waals surface area contributed by atoms with Crippen LogP contribution in [0.1, 0.15) is 20.3 Å². The van der Waals surface area contributed by atoms with E-state index in [1.165, 1.54) is 0 Å². The molecule has 1 aromatic carbocycles. The largest absolute Gasteiger partial charge is 0.223 e. The zero-order valence-electron chi connectivity index (χ0n) is 8.40. The molecule has 0 bridgehead atoms. The van der Waals surface area contributed by atoms with E-state index in [2.05, 4.69) is 0 Å². The average Bonchev–Trinajstić information content (AvgIpc) is 2.78. The molecule has 1 aromatic rings. The van der Waals surface area contributed by atoms with Gasteiger partial charge < -0.3 is 0 Å². The van der Waals surface area contributed by atoms with E-state index in [1.54, 1.807) is 24.3 Å². The van der Waals surface area contributed by atoms with Gasteiger partial charge >= 0.3 is 0 Å². The third-order valence-corrected chi connectivity index (χ3v) is 5.95. The van der Waals surface area contributed by atoms with Crippen molar-refractivity contribution in [3.63, 3.8) is 0 Å². The Bertz CT molecular complexity index is 436. The summed E-state index contributed by atoms with van der Waals surface area (Å²) in [4.78, 5) is 0.451. The van der Waals surface area contributed by atoms with Crippen molar-refractivity contribution in [1.29, 1.82) is 0 Å². The number of hydrogen-bond acceptors (Lipinski definition) is 2. The van der Waals surface area contributed by atoms with E-state index in [9.17, 15) is 8.42 Å². The summed E-state index contributed by atoms with van der Waals surface area (Å²) in [5.74, 6) is 0.285. The SMILES string of the molecule is CC1C[C@@]1(C)S(=O)(=O)c1ccccc1. The van der Waals surface area contributed by atoms with Crippen LogP contribution in [0.15, 0.2) is 35.2 Å². The fourth-order valence-corrected chi connectivity index (χ4v) is 3.85. The summed E-state index contributed by atoms with van der Waals surface area (Å²) in [7, 11) is -3.11. The molecule has 0 amide bonds. The minimum atomic E-state index is -3.11. The zero-order chi connectivity index (χ0) is 10.4. The molecule has 0 heterocycles. The summed E-state index contributed by atoms with van der Waals surface area (Å²) in [6, 6.07) is 8.71. The van der Waals surface area contributed by atoms with Gasteiger partial charge in [0.15, 0.2) is 9.84 Å². The van der Waals surface area contributed by atoms with Gasteiger partial charge in [0.05, 0.1) is 9.64 Å². The third-order valence-electron chi connectivity index (χ3n) is 3.26. The van der Waals surface area contributed by atoms with Crippen LogP contribution in [0.3, 0.4) is 0 Å². The standard InChI is InChI=1S/C11H14O2S/c1-9-8-11(9,2)14(12,13)10-6-4-3-5-7-10/h3-7,9H,8H2,1-2H3/t9?,11-/m1/s1. The Balaban J connectivity index is 2.45. The molecule has 0 N–H and O–H groups in total. The zero-order valence-corrected chi connectivity index (χ0v) is 9.21. The van der Waals surface area contributed by atoms with Crippen molar-refractivity contribution in [1.82, 2.24) is 0 Å². The van der Waals surface area contributed by atoms with Crippen LogP contribution < -0.4 is 0 Å². The van der Waals surface area contributed by atoms with E-state index >= 15 is 0 Å². The Morgan fingerprint density at radius 2 is 1.79 bits per heavy atom. The lowest BCUT2D eigenvalue weighted by Gasteiger charge is -2.11. The lowest BCUT2D eigenvalue weighted by molar-refractivity contribution is 0.577. The number of sulfone groups is 1. The van der Waals surface area contributed by atoms with Gasteiger partial charge in [-0.25, -0.2) is 8.42 Å². The first-order valence-electron chi connectivity index (χ1n) is 4.78. The average molecular weight is 210 g/mol. The van der Waals surface area contributed by atoms with Gasteiger partial charge in [0.2, 0.25) is 0 Å². The lowest BCUT2D eigenvalue weighted by Crippen LogP contribution is -2.21. The van der Waals surface area contributed by atoms with E-state index in [1.807, 2.05) is 19.9 Å². The topological polar surface area (TPSA) is 34.1 Å². The predicted octanol–water partition coefficient (Wildman–Crippen LogP) is 2.26. The van der Waals surface area contributed by atoms with Crippen molar-refractivity contribution in [3.05, 3.63) is 30.3 Å². The van der Waals surface area contributed by atoms with Crippen LogP contribution in [-0.4, -0.2) is 13.2 Å². The molecule has 0 saturated heterocycles. The van der Waals surface area contributed by atoms with Gasteiger partial charge in [0, 0.05) is 0 Å². The highest BCUT2D eigenvalue weighted by Crippen LogP contribution is 2.51. The number of hydrogen-bond donors (Lipinski definition) is 0. The smallest absolute Gasteiger partial charge is 0.184 e. The molecule has 1 fully saturated rings. The fraction of sp³-hybridized carbons (Fsp3) is 0.455. The van der Waals surface area contributed by atoms with Crippen LogP contribution in [0.2, 0.25) is 0 Å². The summed E-state index contributed by atoms with van der Waals surface area (Å²) in [5.41, 5.74) is 0. The third kappa shape index (κ3) is 1.19. The molecule has 2 atom stereocenters. The Hall–Kier alpha value is -0.830. The first-order chi connectivity index (χ1) is 6.48. The number of rotatable bonds is 2. The molecular weight excluding hydrogens is 196 g/mol. The molecule has 0 spiro atoms. The lowest BCUT2D eigenvalue weighted by atomic mass is 10.4. The van der Waals surface area contributed by atoms with Crippen molar-refractivity contribution >= 4 is 9.84 Å². The highest BCUT2D eigenvalue weighted by molar-refractivity contribution is 7.93. The van der Waals surface area contributed by atoms with Crippen LogP contribution in [0, 0.1) is 5.92 Å². The van der Waals surface area contributed by atoms with Crippen molar-refractivity contribution in [3.8, 4) is 0 Å². The molecule has 0 aromatic heterocycles. The molecule has 76 valence electrons. The second-order valence-corrected chi connectivity index (χ2v) is 6.65. The second-order valence-electron chi connectivity index (χ2n) is 4.23. The van der Waals surface area contributed by atoms with Gasteiger partial charge in [0.1, 0.15) is 0 Å². The van der Waals surface area contributed by atoms with Crippen LogP contribution in [0.5, 0.6) is 0 Å². The van der Waals surface area contributed by atoms with E-state index in [0.29, 0.717) is 4.90 Å². The van der Waals surface area contributed by atoms with Crippen LogP contribution >= 0.6 is 0 Å². The highest BCUT2D eigenvalue weighted by Gasteiger charge is 2.57. The Labute approximate surface area is 84.9 Å². The summed E-state index contributed by atoms with van der Waals surface area (Å²) >= 11 is 0. The summed E-state index contributed by atoms with van der Waals surface area (Å²) in [6.45, 7) is 3.82. The first kappa shape index (κ1) is 9.71. The maximum absolute atomic E-state index is 12.1. The molecule has 1 unspecified atom stereocenters. The van der Waals surface area contributed by atoms with E-state index < -0.39 is 14.6 Å². The monoisotopic (exact) mass is 210 g/mol. The predicted molar refractivity (Wildman–Crippen MR) is 55.8 cm³/mol. The van der Waals surface area contributed by atoms with E-state index in [-0.39, 0.29) is 5.92 Å². The molecule has 1 aliphatic rings. The first-order valence-corrected chi connectivity index (χ1v) is 6.26. The Kier molecular flexibility index (Phi) is 1.96. The quantitative estimate of drug-likeness (QED) is 0.750. The maximum Gasteiger partial charge on any atom is 0.184 e. The normalized spacial score (nSPS) is 31.4. The van der Waals surface area contributed by atoms with Crippen LogP contribution in [-0.2, 0) is 9.84 Å². The van der Waals surface area contributed by atoms with Crippen molar-refractivity contribution < 1.29 is 8.42 Å².